The van der Waals surface area contributed by atoms with Crippen molar-refractivity contribution in [2.45, 2.75) is 66.9 Å². The Bertz CT molecular complexity index is 335. The first-order valence-corrected chi connectivity index (χ1v) is 7.75. The lowest BCUT2D eigenvalue weighted by Gasteiger charge is -2.30. The average Bonchev–Trinajstić information content (AvgIpc) is 2.39. The normalized spacial score (nSPS) is 12.8. The summed E-state index contributed by atoms with van der Waals surface area (Å²) in [5, 5.41) is 0. The van der Waals surface area contributed by atoms with Crippen LogP contribution in [-0.4, -0.2) is 36.6 Å². The van der Waals surface area contributed by atoms with E-state index < -0.39 is 0 Å². The van der Waals surface area contributed by atoms with Crippen LogP contribution in [0.4, 0.5) is 0 Å². The number of hydrogen-bond donors (Lipinski definition) is 0. The summed E-state index contributed by atoms with van der Waals surface area (Å²) in [5.41, 5.74) is -0.0993. The lowest BCUT2D eigenvalue weighted by Crippen LogP contribution is -2.33. The second-order valence-electron chi connectivity index (χ2n) is 5.86. The summed E-state index contributed by atoms with van der Waals surface area (Å²) in [5.74, 6) is 6.09. The first kappa shape index (κ1) is 19.0. The molecule has 0 spiro atoms. The van der Waals surface area contributed by atoms with Crippen LogP contribution in [0.5, 0.6) is 0 Å². The van der Waals surface area contributed by atoms with Crippen LogP contribution in [0.3, 0.4) is 0 Å². The Kier molecular flexibility index (Phi) is 9.33. The van der Waals surface area contributed by atoms with Crippen LogP contribution >= 0.6 is 0 Å². The van der Waals surface area contributed by atoms with E-state index >= 15 is 0 Å². The van der Waals surface area contributed by atoms with Crippen molar-refractivity contribution < 1.29 is 9.53 Å². The molecule has 0 bridgehead atoms. The van der Waals surface area contributed by atoms with Crippen molar-refractivity contribution in [2.24, 2.45) is 5.41 Å². The predicted molar refractivity (Wildman–Crippen MR) is 84.4 cm³/mol. The summed E-state index contributed by atoms with van der Waals surface area (Å²) in [4.78, 5) is 13.5. The van der Waals surface area contributed by atoms with Gasteiger partial charge >= 0.3 is 5.97 Å². The summed E-state index contributed by atoms with van der Waals surface area (Å²) in [6.45, 7) is 14.8. The summed E-state index contributed by atoms with van der Waals surface area (Å²) >= 11 is 0. The quantitative estimate of drug-likeness (QED) is 0.504. The molecule has 0 saturated carbocycles. The van der Waals surface area contributed by atoms with E-state index in [2.05, 4.69) is 51.4 Å². The standard InChI is InChI=1S/C17H31NO2/c1-7-10-13-17(5,6)16(20-15(4)19)12-11-14-18(8-2)9-3/h16H,7-10,13-14H2,1-6H3. The molecule has 0 amide bonds. The number of hydrogen-bond acceptors (Lipinski definition) is 3. The number of ether oxygens (including phenoxy) is 1. The largest absolute Gasteiger partial charge is 0.449 e. The van der Waals surface area contributed by atoms with Crippen LogP contribution in [0.2, 0.25) is 0 Å². The van der Waals surface area contributed by atoms with E-state index in [4.69, 9.17) is 4.74 Å². The summed E-state index contributed by atoms with van der Waals surface area (Å²) < 4.78 is 5.43. The third kappa shape index (κ3) is 7.55. The Hall–Kier alpha value is -1.01. The maximum absolute atomic E-state index is 11.3. The van der Waals surface area contributed by atoms with E-state index in [-0.39, 0.29) is 17.5 Å². The number of esters is 1. The van der Waals surface area contributed by atoms with E-state index in [9.17, 15) is 4.79 Å². The van der Waals surface area contributed by atoms with Gasteiger partial charge in [0, 0.05) is 12.3 Å². The molecular formula is C17H31NO2. The zero-order chi connectivity index (χ0) is 15.6. The van der Waals surface area contributed by atoms with Crippen molar-refractivity contribution in [1.82, 2.24) is 4.90 Å². The minimum Gasteiger partial charge on any atom is -0.449 e. The van der Waals surface area contributed by atoms with Crippen LogP contribution in [0.1, 0.15) is 60.8 Å². The van der Waals surface area contributed by atoms with Gasteiger partial charge in [-0.25, -0.2) is 0 Å². The molecule has 0 aliphatic rings. The summed E-state index contributed by atoms with van der Waals surface area (Å²) in [6.07, 6.45) is 2.97. The Balaban J connectivity index is 4.79. The molecule has 0 aromatic carbocycles. The van der Waals surface area contributed by atoms with Crippen molar-refractivity contribution in [3.05, 3.63) is 0 Å². The Morgan fingerprint density at radius 3 is 2.30 bits per heavy atom. The van der Waals surface area contributed by atoms with E-state index in [1.807, 2.05) is 0 Å². The van der Waals surface area contributed by atoms with Gasteiger partial charge in [-0.15, -0.1) is 0 Å². The molecule has 1 unspecified atom stereocenters. The van der Waals surface area contributed by atoms with Crippen LogP contribution in [-0.2, 0) is 9.53 Å². The molecule has 0 N–H and O–H groups in total. The Morgan fingerprint density at radius 1 is 1.25 bits per heavy atom. The van der Waals surface area contributed by atoms with Gasteiger partial charge in [0.15, 0.2) is 6.10 Å². The van der Waals surface area contributed by atoms with Gasteiger partial charge in [-0.05, 0) is 19.5 Å². The SMILES string of the molecule is CCCCC(C)(C)C(C#CCN(CC)CC)OC(C)=O. The fourth-order valence-corrected chi connectivity index (χ4v) is 2.01. The van der Waals surface area contributed by atoms with Crippen molar-refractivity contribution in [3.8, 4) is 11.8 Å². The van der Waals surface area contributed by atoms with Gasteiger partial charge in [0.1, 0.15) is 0 Å². The lowest BCUT2D eigenvalue weighted by atomic mass is 9.81. The highest BCUT2D eigenvalue weighted by Crippen LogP contribution is 2.29. The Labute approximate surface area is 125 Å². The average molecular weight is 281 g/mol. The minimum absolute atomic E-state index is 0.0993. The first-order valence-electron chi connectivity index (χ1n) is 7.75. The second kappa shape index (κ2) is 9.83. The van der Waals surface area contributed by atoms with Gasteiger partial charge in [-0.1, -0.05) is 59.3 Å². The lowest BCUT2D eigenvalue weighted by molar-refractivity contribution is -0.148. The topological polar surface area (TPSA) is 29.5 Å². The minimum atomic E-state index is -0.317. The van der Waals surface area contributed by atoms with Crippen LogP contribution in [0.25, 0.3) is 0 Å². The second-order valence-corrected chi connectivity index (χ2v) is 5.86. The molecule has 0 saturated heterocycles. The number of unbranched alkanes of at least 4 members (excludes halogenated alkanes) is 1. The van der Waals surface area contributed by atoms with Crippen LogP contribution < -0.4 is 0 Å². The zero-order valence-electron chi connectivity index (χ0n) is 14.1. The van der Waals surface area contributed by atoms with E-state index in [1.54, 1.807) is 0 Å². The van der Waals surface area contributed by atoms with Crippen molar-refractivity contribution in [1.29, 1.82) is 0 Å². The zero-order valence-corrected chi connectivity index (χ0v) is 14.1. The molecule has 0 radical (unpaired) electrons. The molecule has 0 fully saturated rings. The first-order chi connectivity index (χ1) is 9.37. The van der Waals surface area contributed by atoms with E-state index in [1.165, 1.54) is 6.92 Å². The number of rotatable bonds is 8. The maximum Gasteiger partial charge on any atom is 0.303 e. The fourth-order valence-electron chi connectivity index (χ4n) is 2.01. The maximum atomic E-state index is 11.3. The van der Waals surface area contributed by atoms with Crippen molar-refractivity contribution in [2.75, 3.05) is 19.6 Å². The number of carbonyl (C=O) groups is 1. The monoisotopic (exact) mass is 281 g/mol. The molecule has 1 atom stereocenters. The smallest absolute Gasteiger partial charge is 0.303 e. The molecular weight excluding hydrogens is 250 g/mol. The van der Waals surface area contributed by atoms with Gasteiger partial charge in [0.05, 0.1) is 6.54 Å². The molecule has 0 aromatic heterocycles. The molecule has 3 heteroatoms. The van der Waals surface area contributed by atoms with Gasteiger partial charge < -0.3 is 4.74 Å². The molecule has 20 heavy (non-hydrogen) atoms. The molecule has 116 valence electrons. The van der Waals surface area contributed by atoms with Crippen molar-refractivity contribution >= 4 is 5.97 Å². The van der Waals surface area contributed by atoms with E-state index in [0.29, 0.717) is 0 Å². The molecule has 0 heterocycles. The fraction of sp³-hybridized carbons (Fsp3) is 0.824. The van der Waals surface area contributed by atoms with Gasteiger partial charge in [-0.2, -0.15) is 0 Å². The summed E-state index contributed by atoms with van der Waals surface area (Å²) in [7, 11) is 0. The highest BCUT2D eigenvalue weighted by Gasteiger charge is 2.30. The predicted octanol–water partition coefficient (Wildman–Crippen LogP) is 3.48. The highest BCUT2D eigenvalue weighted by molar-refractivity contribution is 5.66. The molecule has 0 rings (SSSR count). The van der Waals surface area contributed by atoms with Crippen LogP contribution in [0.15, 0.2) is 0 Å². The van der Waals surface area contributed by atoms with Gasteiger partial charge in [0.25, 0.3) is 0 Å². The van der Waals surface area contributed by atoms with Gasteiger partial charge in [-0.3, -0.25) is 9.69 Å². The molecule has 3 nitrogen and oxygen atoms in total. The molecule has 0 aliphatic carbocycles. The molecule has 0 aromatic rings. The number of carbonyl (C=O) groups excluding carboxylic acids is 1. The van der Waals surface area contributed by atoms with Crippen LogP contribution in [0, 0.1) is 17.3 Å². The highest BCUT2D eigenvalue weighted by atomic mass is 16.5. The Morgan fingerprint density at radius 2 is 1.85 bits per heavy atom. The third-order valence-electron chi connectivity index (χ3n) is 3.60. The third-order valence-corrected chi connectivity index (χ3v) is 3.60. The summed E-state index contributed by atoms with van der Waals surface area (Å²) in [6, 6.07) is 0. The van der Waals surface area contributed by atoms with Gasteiger partial charge in [0.2, 0.25) is 0 Å². The number of nitrogens with zero attached hydrogens (tertiary/aromatic N) is 1. The molecule has 0 aliphatic heterocycles. The van der Waals surface area contributed by atoms with Crippen molar-refractivity contribution in [3.63, 3.8) is 0 Å². The van der Waals surface area contributed by atoms with E-state index in [0.717, 1.165) is 38.9 Å².